The number of benzene rings is 1. The van der Waals surface area contributed by atoms with Gasteiger partial charge in [0, 0.05) is 39.4 Å². The Hall–Kier alpha value is -1.13. The first-order chi connectivity index (χ1) is 13.2. The summed E-state index contributed by atoms with van der Waals surface area (Å²) in [6.07, 6.45) is 3.17. The monoisotopic (exact) mass is 508 g/mol. The van der Waals surface area contributed by atoms with Crippen molar-refractivity contribution >= 4 is 29.9 Å². The minimum atomic E-state index is -0.289. The van der Waals surface area contributed by atoms with Crippen molar-refractivity contribution in [1.82, 2.24) is 15.5 Å². The van der Waals surface area contributed by atoms with Crippen LogP contribution in [0.2, 0.25) is 0 Å². The summed E-state index contributed by atoms with van der Waals surface area (Å²) in [5.74, 6) is 1.02. The zero-order chi connectivity index (χ0) is 19.5. The summed E-state index contributed by atoms with van der Waals surface area (Å²) in [6.45, 7) is 6.36. The summed E-state index contributed by atoms with van der Waals surface area (Å²) >= 11 is 0. The number of hydrogen-bond acceptors (Lipinski definition) is 4. The molecule has 0 amide bonds. The van der Waals surface area contributed by atoms with Gasteiger partial charge in [-0.1, -0.05) is 13.0 Å². The summed E-state index contributed by atoms with van der Waals surface area (Å²) < 4.78 is 24.4. The summed E-state index contributed by atoms with van der Waals surface area (Å²) in [6, 6.07) is 6.75. The van der Waals surface area contributed by atoms with E-state index >= 15 is 0 Å². The number of nitrogens with one attached hydrogen (secondary N) is 2. The summed E-state index contributed by atoms with van der Waals surface area (Å²) in [7, 11) is 3.51. The number of halogens is 2. The van der Waals surface area contributed by atoms with Crippen LogP contribution in [0.3, 0.4) is 0 Å². The summed E-state index contributed by atoms with van der Waals surface area (Å²) in [5.41, 5.74) is 0. The van der Waals surface area contributed by atoms with Gasteiger partial charge < -0.3 is 20.1 Å². The first kappa shape index (κ1) is 24.9. The molecule has 28 heavy (non-hydrogen) atoms. The number of aliphatic imine (C=N–C) groups is 1. The van der Waals surface area contributed by atoms with E-state index in [1.807, 2.05) is 6.92 Å². The van der Waals surface area contributed by atoms with Gasteiger partial charge in [-0.15, -0.1) is 24.0 Å². The number of guanidine groups is 1. The Bertz CT molecular complexity index is 591. The van der Waals surface area contributed by atoms with Crippen molar-refractivity contribution in [2.45, 2.75) is 38.3 Å². The molecule has 2 atom stereocenters. The molecular weight excluding hydrogens is 474 g/mol. The SMILES string of the molecule is CCC(CNC(=NC)NCC1CCCN1CCOC)Oc1cccc(F)c1.I. The Balaban J connectivity index is 0.00000392. The third-order valence-electron chi connectivity index (χ3n) is 4.86. The van der Waals surface area contributed by atoms with Crippen LogP contribution in [0.5, 0.6) is 5.75 Å². The Labute approximate surface area is 185 Å². The highest BCUT2D eigenvalue weighted by atomic mass is 127. The quantitative estimate of drug-likeness (QED) is 0.289. The van der Waals surface area contributed by atoms with Gasteiger partial charge >= 0.3 is 0 Å². The van der Waals surface area contributed by atoms with Crippen LogP contribution in [0.1, 0.15) is 26.2 Å². The fourth-order valence-corrected chi connectivity index (χ4v) is 3.28. The van der Waals surface area contributed by atoms with E-state index in [-0.39, 0.29) is 35.9 Å². The molecule has 1 heterocycles. The van der Waals surface area contributed by atoms with E-state index in [0.717, 1.165) is 38.6 Å². The molecule has 1 fully saturated rings. The van der Waals surface area contributed by atoms with Crippen LogP contribution in [0, 0.1) is 5.82 Å². The standard InChI is InChI=1S/C20H33FN4O2.HI/c1-4-18(27-19-9-5-7-16(21)13-19)15-24-20(22-2)23-14-17-8-6-10-25(17)11-12-26-3;/h5,7,9,13,17-18H,4,6,8,10-12,14-15H2,1-3H3,(H2,22,23,24);1H. The van der Waals surface area contributed by atoms with Crippen LogP contribution in [0.15, 0.2) is 29.3 Å². The Morgan fingerprint density at radius 2 is 2.21 bits per heavy atom. The molecule has 1 aromatic carbocycles. The lowest BCUT2D eigenvalue weighted by Gasteiger charge is -2.25. The molecule has 0 saturated carbocycles. The molecule has 0 aromatic heterocycles. The highest BCUT2D eigenvalue weighted by Crippen LogP contribution is 2.16. The normalized spacial score (nSPS) is 18.4. The molecule has 0 spiro atoms. The van der Waals surface area contributed by atoms with Gasteiger partial charge in [-0.2, -0.15) is 0 Å². The van der Waals surface area contributed by atoms with E-state index in [0.29, 0.717) is 18.3 Å². The highest BCUT2D eigenvalue weighted by Gasteiger charge is 2.24. The van der Waals surface area contributed by atoms with Crippen LogP contribution in [0.4, 0.5) is 4.39 Å². The molecule has 160 valence electrons. The lowest BCUT2D eigenvalue weighted by atomic mass is 10.2. The fraction of sp³-hybridized carbons (Fsp3) is 0.650. The predicted molar refractivity (Wildman–Crippen MR) is 122 cm³/mol. The number of hydrogen-bond donors (Lipinski definition) is 2. The van der Waals surface area contributed by atoms with Crippen LogP contribution < -0.4 is 15.4 Å². The maximum atomic E-state index is 13.3. The van der Waals surface area contributed by atoms with E-state index in [4.69, 9.17) is 9.47 Å². The number of ether oxygens (including phenoxy) is 2. The Kier molecular flexibility index (Phi) is 12.4. The molecule has 0 bridgehead atoms. The van der Waals surface area contributed by atoms with Crippen LogP contribution >= 0.6 is 24.0 Å². The van der Waals surface area contributed by atoms with E-state index in [2.05, 4.69) is 20.5 Å². The second kappa shape index (κ2) is 13.9. The minimum Gasteiger partial charge on any atom is -0.489 e. The van der Waals surface area contributed by atoms with Crippen LogP contribution in [0.25, 0.3) is 0 Å². The largest absolute Gasteiger partial charge is 0.489 e. The first-order valence-electron chi connectivity index (χ1n) is 9.76. The van der Waals surface area contributed by atoms with Gasteiger partial charge in [0.25, 0.3) is 0 Å². The molecule has 2 rings (SSSR count). The van der Waals surface area contributed by atoms with E-state index < -0.39 is 0 Å². The molecular formula is C20H34FIN4O2. The van der Waals surface area contributed by atoms with Crippen molar-refractivity contribution in [2.24, 2.45) is 4.99 Å². The highest BCUT2D eigenvalue weighted by molar-refractivity contribution is 14.0. The van der Waals surface area contributed by atoms with Gasteiger partial charge in [0.05, 0.1) is 13.2 Å². The minimum absolute atomic E-state index is 0. The molecule has 1 aliphatic rings. The summed E-state index contributed by atoms with van der Waals surface area (Å²) in [4.78, 5) is 6.76. The number of methoxy groups -OCH3 is 1. The Morgan fingerprint density at radius 3 is 2.89 bits per heavy atom. The van der Waals surface area contributed by atoms with Crippen LogP contribution in [-0.2, 0) is 4.74 Å². The number of rotatable bonds is 10. The number of likely N-dealkylation sites (tertiary alicyclic amines) is 1. The molecule has 0 radical (unpaired) electrons. The third kappa shape index (κ3) is 8.48. The van der Waals surface area contributed by atoms with Gasteiger partial charge in [-0.05, 0) is 37.9 Å². The van der Waals surface area contributed by atoms with Crippen molar-refractivity contribution in [1.29, 1.82) is 0 Å². The second-order valence-electron chi connectivity index (χ2n) is 6.76. The van der Waals surface area contributed by atoms with E-state index in [1.54, 1.807) is 26.3 Å². The Morgan fingerprint density at radius 1 is 1.39 bits per heavy atom. The fourth-order valence-electron chi connectivity index (χ4n) is 3.28. The smallest absolute Gasteiger partial charge is 0.191 e. The van der Waals surface area contributed by atoms with Gasteiger partial charge in [-0.25, -0.2) is 4.39 Å². The van der Waals surface area contributed by atoms with Gasteiger partial charge in [0.1, 0.15) is 17.7 Å². The first-order valence-corrected chi connectivity index (χ1v) is 9.76. The van der Waals surface area contributed by atoms with Gasteiger partial charge in [-0.3, -0.25) is 9.89 Å². The molecule has 1 saturated heterocycles. The topological polar surface area (TPSA) is 58.1 Å². The van der Waals surface area contributed by atoms with Crippen molar-refractivity contribution in [3.8, 4) is 5.75 Å². The molecule has 1 aliphatic heterocycles. The van der Waals surface area contributed by atoms with E-state index in [1.165, 1.54) is 25.0 Å². The molecule has 6 nitrogen and oxygen atoms in total. The number of nitrogens with zero attached hydrogens (tertiary/aromatic N) is 2. The van der Waals surface area contributed by atoms with Crippen molar-refractivity contribution in [2.75, 3.05) is 46.9 Å². The maximum absolute atomic E-state index is 13.3. The third-order valence-corrected chi connectivity index (χ3v) is 4.86. The molecule has 1 aromatic rings. The maximum Gasteiger partial charge on any atom is 0.191 e. The molecule has 0 aliphatic carbocycles. The lowest BCUT2D eigenvalue weighted by Crippen LogP contribution is -2.47. The van der Waals surface area contributed by atoms with Crippen molar-refractivity contribution in [3.05, 3.63) is 30.1 Å². The predicted octanol–water partition coefficient (Wildman–Crippen LogP) is 2.88. The van der Waals surface area contributed by atoms with Crippen LogP contribution in [-0.4, -0.2) is 69.9 Å². The molecule has 2 N–H and O–H groups in total. The lowest BCUT2D eigenvalue weighted by molar-refractivity contribution is 0.141. The van der Waals surface area contributed by atoms with Crippen molar-refractivity contribution < 1.29 is 13.9 Å². The average molecular weight is 508 g/mol. The van der Waals surface area contributed by atoms with E-state index in [9.17, 15) is 4.39 Å². The molecule has 2 unspecified atom stereocenters. The zero-order valence-corrected chi connectivity index (χ0v) is 19.4. The zero-order valence-electron chi connectivity index (χ0n) is 17.1. The second-order valence-corrected chi connectivity index (χ2v) is 6.76. The average Bonchev–Trinajstić information content (AvgIpc) is 3.12. The summed E-state index contributed by atoms with van der Waals surface area (Å²) in [5, 5.41) is 6.73. The van der Waals surface area contributed by atoms with Gasteiger partial charge in [0.2, 0.25) is 0 Å². The van der Waals surface area contributed by atoms with Crippen molar-refractivity contribution in [3.63, 3.8) is 0 Å². The molecule has 8 heteroatoms. The van der Waals surface area contributed by atoms with Gasteiger partial charge in [0.15, 0.2) is 5.96 Å².